The Hall–Kier alpha value is -1.62. The van der Waals surface area contributed by atoms with Crippen LogP contribution in [0.25, 0.3) is 0 Å². The van der Waals surface area contributed by atoms with Crippen molar-refractivity contribution < 1.29 is 9.90 Å². The van der Waals surface area contributed by atoms with Crippen LogP contribution in [-0.2, 0) is 0 Å². The standard InChI is InChI=1S/C11H17N3O2/c1-8(2)14(5-6-15)11(16)9-3-4-13-7-10(9)12/h3-4,7-8,15H,5-6,12H2,1-2H3. The number of carbonyl (C=O) groups is 1. The van der Waals surface area contributed by atoms with E-state index >= 15 is 0 Å². The van der Waals surface area contributed by atoms with Crippen molar-refractivity contribution in [2.24, 2.45) is 0 Å². The van der Waals surface area contributed by atoms with E-state index < -0.39 is 0 Å². The van der Waals surface area contributed by atoms with Crippen molar-refractivity contribution in [3.8, 4) is 0 Å². The molecule has 0 atom stereocenters. The van der Waals surface area contributed by atoms with Crippen LogP contribution in [0, 0.1) is 0 Å². The van der Waals surface area contributed by atoms with Gasteiger partial charge in [-0.1, -0.05) is 0 Å². The molecule has 3 N–H and O–H groups in total. The Morgan fingerprint density at radius 1 is 1.62 bits per heavy atom. The summed E-state index contributed by atoms with van der Waals surface area (Å²) in [6, 6.07) is 1.61. The van der Waals surface area contributed by atoms with Gasteiger partial charge in [0.15, 0.2) is 0 Å². The molecule has 0 radical (unpaired) electrons. The first-order valence-corrected chi connectivity index (χ1v) is 5.19. The van der Waals surface area contributed by atoms with Gasteiger partial charge in [0, 0.05) is 18.8 Å². The Morgan fingerprint density at radius 3 is 2.81 bits per heavy atom. The molecule has 0 saturated heterocycles. The predicted octanol–water partition coefficient (Wildman–Crippen LogP) is 0.507. The third-order valence-corrected chi connectivity index (χ3v) is 2.31. The number of anilines is 1. The van der Waals surface area contributed by atoms with Crippen molar-refractivity contribution in [2.45, 2.75) is 19.9 Å². The number of nitrogen functional groups attached to an aromatic ring is 1. The van der Waals surface area contributed by atoms with Gasteiger partial charge in [0.2, 0.25) is 0 Å². The zero-order valence-corrected chi connectivity index (χ0v) is 9.55. The number of aliphatic hydroxyl groups is 1. The molecule has 5 nitrogen and oxygen atoms in total. The van der Waals surface area contributed by atoms with E-state index in [9.17, 15) is 4.79 Å². The summed E-state index contributed by atoms with van der Waals surface area (Å²) in [5, 5.41) is 8.91. The first kappa shape index (κ1) is 12.4. The smallest absolute Gasteiger partial charge is 0.256 e. The summed E-state index contributed by atoms with van der Waals surface area (Å²) in [5.74, 6) is -0.177. The minimum absolute atomic E-state index is 0.0206. The van der Waals surface area contributed by atoms with Gasteiger partial charge < -0.3 is 15.7 Å². The molecule has 1 aromatic rings. The van der Waals surface area contributed by atoms with Gasteiger partial charge in [-0.25, -0.2) is 0 Å². The Kier molecular flexibility index (Phi) is 4.25. The monoisotopic (exact) mass is 223 g/mol. The molecule has 88 valence electrons. The average Bonchev–Trinajstić information content (AvgIpc) is 2.25. The lowest BCUT2D eigenvalue weighted by atomic mass is 10.2. The van der Waals surface area contributed by atoms with E-state index in [0.717, 1.165) is 0 Å². The Balaban J connectivity index is 2.95. The minimum atomic E-state index is -0.177. The summed E-state index contributed by atoms with van der Waals surface area (Å²) >= 11 is 0. The number of hydrogen-bond acceptors (Lipinski definition) is 4. The van der Waals surface area contributed by atoms with Gasteiger partial charge in [-0.3, -0.25) is 9.78 Å². The maximum atomic E-state index is 12.1. The van der Waals surface area contributed by atoms with Gasteiger partial charge in [0.1, 0.15) is 0 Å². The fourth-order valence-electron chi connectivity index (χ4n) is 1.46. The molecular formula is C11H17N3O2. The molecule has 1 rings (SSSR count). The van der Waals surface area contributed by atoms with Gasteiger partial charge >= 0.3 is 0 Å². The van der Waals surface area contributed by atoms with Crippen LogP contribution >= 0.6 is 0 Å². The number of hydrogen-bond donors (Lipinski definition) is 2. The van der Waals surface area contributed by atoms with Crippen molar-refractivity contribution in [1.82, 2.24) is 9.88 Å². The molecule has 16 heavy (non-hydrogen) atoms. The van der Waals surface area contributed by atoms with Crippen LogP contribution in [0.4, 0.5) is 5.69 Å². The largest absolute Gasteiger partial charge is 0.397 e. The van der Waals surface area contributed by atoms with E-state index in [2.05, 4.69) is 4.98 Å². The number of nitrogens with zero attached hydrogens (tertiary/aromatic N) is 2. The number of pyridine rings is 1. The van der Waals surface area contributed by atoms with Crippen LogP contribution in [0.15, 0.2) is 18.5 Å². The molecule has 0 aliphatic rings. The summed E-state index contributed by atoms with van der Waals surface area (Å²) < 4.78 is 0. The molecule has 1 amide bonds. The summed E-state index contributed by atoms with van der Waals surface area (Å²) in [7, 11) is 0. The van der Waals surface area contributed by atoms with Gasteiger partial charge in [0.25, 0.3) is 5.91 Å². The number of nitrogens with two attached hydrogens (primary N) is 1. The third-order valence-electron chi connectivity index (χ3n) is 2.31. The van der Waals surface area contributed by atoms with Crippen LogP contribution in [0.2, 0.25) is 0 Å². The highest BCUT2D eigenvalue weighted by molar-refractivity contribution is 5.99. The SMILES string of the molecule is CC(C)N(CCO)C(=O)c1ccncc1N. The van der Waals surface area contributed by atoms with E-state index in [1.807, 2.05) is 13.8 Å². The highest BCUT2D eigenvalue weighted by Crippen LogP contribution is 2.13. The zero-order valence-electron chi connectivity index (χ0n) is 9.55. The van der Waals surface area contributed by atoms with Crippen molar-refractivity contribution in [3.05, 3.63) is 24.0 Å². The molecule has 0 aliphatic heterocycles. The molecule has 0 aromatic carbocycles. The van der Waals surface area contributed by atoms with Gasteiger partial charge in [0.05, 0.1) is 24.1 Å². The number of amides is 1. The second kappa shape index (κ2) is 5.46. The summed E-state index contributed by atoms with van der Waals surface area (Å²) in [6.07, 6.45) is 2.98. The van der Waals surface area contributed by atoms with Crippen molar-refractivity contribution in [3.63, 3.8) is 0 Å². The van der Waals surface area contributed by atoms with Crippen LogP contribution in [0.5, 0.6) is 0 Å². The molecule has 1 aromatic heterocycles. The molecule has 0 fully saturated rings. The third kappa shape index (κ3) is 2.70. The normalized spacial score (nSPS) is 10.5. The van der Waals surface area contributed by atoms with E-state index in [-0.39, 0.29) is 18.6 Å². The van der Waals surface area contributed by atoms with Gasteiger partial charge in [-0.2, -0.15) is 0 Å². The molecule has 0 saturated carbocycles. The Morgan fingerprint density at radius 2 is 2.31 bits per heavy atom. The minimum Gasteiger partial charge on any atom is -0.397 e. The topological polar surface area (TPSA) is 79.5 Å². The Labute approximate surface area is 94.9 Å². The summed E-state index contributed by atoms with van der Waals surface area (Å²) in [5.41, 5.74) is 6.47. The lowest BCUT2D eigenvalue weighted by Gasteiger charge is -2.26. The summed E-state index contributed by atoms with van der Waals surface area (Å²) in [6.45, 7) is 4.03. The van der Waals surface area contributed by atoms with Crippen molar-refractivity contribution >= 4 is 11.6 Å². The average molecular weight is 223 g/mol. The van der Waals surface area contributed by atoms with E-state index in [1.165, 1.54) is 12.4 Å². The Bertz CT molecular complexity index is 366. The number of aromatic nitrogens is 1. The molecule has 5 heteroatoms. The predicted molar refractivity (Wildman–Crippen MR) is 61.9 cm³/mol. The fourth-order valence-corrected chi connectivity index (χ4v) is 1.46. The first-order valence-electron chi connectivity index (χ1n) is 5.19. The van der Waals surface area contributed by atoms with Crippen LogP contribution in [-0.4, -0.2) is 40.1 Å². The molecule has 0 unspecified atom stereocenters. The molecule has 0 spiro atoms. The van der Waals surface area contributed by atoms with Crippen LogP contribution < -0.4 is 5.73 Å². The quantitative estimate of drug-likeness (QED) is 0.779. The van der Waals surface area contributed by atoms with E-state index in [1.54, 1.807) is 11.0 Å². The van der Waals surface area contributed by atoms with Crippen LogP contribution in [0.3, 0.4) is 0 Å². The van der Waals surface area contributed by atoms with E-state index in [4.69, 9.17) is 10.8 Å². The second-order valence-corrected chi connectivity index (χ2v) is 3.78. The van der Waals surface area contributed by atoms with E-state index in [0.29, 0.717) is 17.8 Å². The number of aliphatic hydroxyl groups excluding tert-OH is 1. The van der Waals surface area contributed by atoms with Crippen molar-refractivity contribution in [1.29, 1.82) is 0 Å². The van der Waals surface area contributed by atoms with Gasteiger partial charge in [-0.05, 0) is 19.9 Å². The molecular weight excluding hydrogens is 206 g/mol. The lowest BCUT2D eigenvalue weighted by molar-refractivity contribution is 0.0666. The number of carbonyl (C=O) groups excluding carboxylic acids is 1. The highest BCUT2D eigenvalue weighted by Gasteiger charge is 2.19. The maximum Gasteiger partial charge on any atom is 0.256 e. The lowest BCUT2D eigenvalue weighted by Crippen LogP contribution is -2.39. The van der Waals surface area contributed by atoms with Crippen molar-refractivity contribution in [2.75, 3.05) is 18.9 Å². The summed E-state index contributed by atoms with van der Waals surface area (Å²) in [4.78, 5) is 17.5. The second-order valence-electron chi connectivity index (χ2n) is 3.78. The maximum absolute atomic E-state index is 12.1. The first-order chi connectivity index (χ1) is 7.57. The zero-order chi connectivity index (χ0) is 12.1. The number of rotatable bonds is 4. The highest BCUT2D eigenvalue weighted by atomic mass is 16.3. The fraction of sp³-hybridized carbons (Fsp3) is 0.455. The molecule has 0 bridgehead atoms. The van der Waals surface area contributed by atoms with Crippen LogP contribution in [0.1, 0.15) is 24.2 Å². The van der Waals surface area contributed by atoms with Gasteiger partial charge in [-0.15, -0.1) is 0 Å². The molecule has 1 heterocycles. The molecule has 0 aliphatic carbocycles.